The maximum absolute atomic E-state index is 9.67. The fraction of sp³-hybridized carbons (Fsp3) is 1.00. The van der Waals surface area contributed by atoms with E-state index in [0.29, 0.717) is 0 Å². The van der Waals surface area contributed by atoms with Crippen molar-refractivity contribution in [3.8, 4) is 0 Å². The fourth-order valence-corrected chi connectivity index (χ4v) is 1.70. The fourth-order valence-electron chi connectivity index (χ4n) is 1.70. The summed E-state index contributed by atoms with van der Waals surface area (Å²) in [5.41, 5.74) is -0.501. The van der Waals surface area contributed by atoms with E-state index in [9.17, 15) is 5.11 Å². The van der Waals surface area contributed by atoms with Gasteiger partial charge in [0.1, 0.15) is 0 Å². The smallest absolute Gasteiger partial charge is 0.0603 e. The largest absolute Gasteiger partial charge is 0.390 e. The molecular weight excluding hydrogens is 174 g/mol. The van der Waals surface area contributed by atoms with Crippen LogP contribution in [0.1, 0.15) is 52.9 Å². The molecule has 0 saturated heterocycles. The van der Waals surface area contributed by atoms with Crippen molar-refractivity contribution in [3.63, 3.8) is 0 Å². The third-order valence-electron chi connectivity index (χ3n) is 2.87. The highest BCUT2D eigenvalue weighted by atomic mass is 16.3. The van der Waals surface area contributed by atoms with Gasteiger partial charge in [-0.25, -0.2) is 0 Å². The van der Waals surface area contributed by atoms with Crippen LogP contribution in [0.15, 0.2) is 0 Å². The molecular formula is C12H25NO. The summed E-state index contributed by atoms with van der Waals surface area (Å²) in [6, 6.07) is 0.837. The summed E-state index contributed by atoms with van der Waals surface area (Å²) in [4.78, 5) is 2.56. The van der Waals surface area contributed by atoms with Crippen LogP contribution in [0.25, 0.3) is 0 Å². The van der Waals surface area contributed by atoms with Gasteiger partial charge in [0.15, 0.2) is 0 Å². The van der Waals surface area contributed by atoms with Crippen LogP contribution >= 0.6 is 0 Å². The van der Waals surface area contributed by atoms with Gasteiger partial charge in [-0.1, -0.05) is 13.3 Å². The highest BCUT2D eigenvalue weighted by molar-refractivity contribution is 4.85. The van der Waals surface area contributed by atoms with Crippen LogP contribution < -0.4 is 0 Å². The van der Waals surface area contributed by atoms with E-state index in [1.54, 1.807) is 0 Å². The van der Waals surface area contributed by atoms with Gasteiger partial charge in [-0.2, -0.15) is 0 Å². The maximum Gasteiger partial charge on any atom is 0.0603 e. The first-order valence-electron chi connectivity index (χ1n) is 5.99. The van der Waals surface area contributed by atoms with Crippen LogP contribution in [0.4, 0.5) is 0 Å². The molecule has 0 aromatic heterocycles. The second-order valence-electron chi connectivity index (χ2n) is 5.18. The Bertz CT molecular complexity index is 158. The SMILES string of the molecule is CCCCN(CCC(C)(C)O)C1CC1. The second kappa shape index (κ2) is 5.13. The molecule has 0 aromatic rings. The van der Waals surface area contributed by atoms with Gasteiger partial charge in [0.2, 0.25) is 0 Å². The molecule has 1 aliphatic carbocycles. The summed E-state index contributed by atoms with van der Waals surface area (Å²) in [6.45, 7) is 8.32. The maximum atomic E-state index is 9.67. The van der Waals surface area contributed by atoms with E-state index < -0.39 is 5.60 Å². The molecule has 14 heavy (non-hydrogen) atoms. The summed E-state index contributed by atoms with van der Waals surface area (Å²) < 4.78 is 0. The summed E-state index contributed by atoms with van der Waals surface area (Å²) in [5.74, 6) is 0. The molecule has 0 aromatic carbocycles. The Morgan fingerprint density at radius 2 is 1.93 bits per heavy atom. The Morgan fingerprint density at radius 3 is 2.36 bits per heavy atom. The average molecular weight is 199 g/mol. The average Bonchev–Trinajstić information content (AvgIpc) is 2.86. The summed E-state index contributed by atoms with van der Waals surface area (Å²) >= 11 is 0. The Balaban J connectivity index is 2.21. The van der Waals surface area contributed by atoms with Crippen LogP contribution in [0.3, 0.4) is 0 Å². The van der Waals surface area contributed by atoms with E-state index in [2.05, 4.69) is 11.8 Å². The molecule has 0 bridgehead atoms. The normalized spacial score (nSPS) is 17.8. The highest BCUT2D eigenvalue weighted by Gasteiger charge is 2.29. The van der Waals surface area contributed by atoms with Crippen molar-refractivity contribution in [2.75, 3.05) is 13.1 Å². The van der Waals surface area contributed by atoms with E-state index in [4.69, 9.17) is 0 Å². The molecule has 0 aliphatic heterocycles. The first-order chi connectivity index (χ1) is 6.53. The Labute approximate surface area is 88.3 Å². The van der Waals surface area contributed by atoms with Crippen molar-refractivity contribution in [2.24, 2.45) is 0 Å². The third-order valence-corrected chi connectivity index (χ3v) is 2.87. The number of unbranched alkanes of at least 4 members (excludes halogenated alkanes) is 1. The topological polar surface area (TPSA) is 23.5 Å². The van der Waals surface area contributed by atoms with Crippen LogP contribution in [0.2, 0.25) is 0 Å². The Hall–Kier alpha value is -0.0800. The van der Waals surface area contributed by atoms with Gasteiger partial charge in [0.25, 0.3) is 0 Å². The Morgan fingerprint density at radius 1 is 1.29 bits per heavy atom. The van der Waals surface area contributed by atoms with Gasteiger partial charge in [0, 0.05) is 12.6 Å². The lowest BCUT2D eigenvalue weighted by atomic mass is 10.1. The minimum atomic E-state index is -0.501. The monoisotopic (exact) mass is 199 g/mol. The van der Waals surface area contributed by atoms with Crippen molar-refractivity contribution >= 4 is 0 Å². The molecule has 1 rings (SSSR count). The molecule has 2 heteroatoms. The number of hydrogen-bond donors (Lipinski definition) is 1. The van der Waals surface area contributed by atoms with Crippen LogP contribution in [-0.4, -0.2) is 34.7 Å². The van der Waals surface area contributed by atoms with Gasteiger partial charge in [0.05, 0.1) is 5.60 Å². The van der Waals surface area contributed by atoms with Gasteiger partial charge >= 0.3 is 0 Å². The molecule has 1 N–H and O–H groups in total. The highest BCUT2D eigenvalue weighted by Crippen LogP contribution is 2.27. The number of rotatable bonds is 7. The summed E-state index contributed by atoms with van der Waals surface area (Å²) in [6.07, 6.45) is 6.20. The third kappa shape index (κ3) is 4.97. The van der Waals surface area contributed by atoms with Crippen molar-refractivity contribution < 1.29 is 5.11 Å². The van der Waals surface area contributed by atoms with Gasteiger partial charge in [-0.3, -0.25) is 0 Å². The lowest BCUT2D eigenvalue weighted by molar-refractivity contribution is 0.0563. The van der Waals surface area contributed by atoms with Gasteiger partial charge in [-0.15, -0.1) is 0 Å². The minimum Gasteiger partial charge on any atom is -0.390 e. The number of nitrogens with zero attached hydrogens (tertiary/aromatic N) is 1. The predicted octanol–water partition coefficient (Wildman–Crippen LogP) is 2.41. The molecule has 0 heterocycles. The number of hydrogen-bond acceptors (Lipinski definition) is 2. The molecule has 0 radical (unpaired) electrons. The number of aliphatic hydroxyl groups is 1. The zero-order valence-corrected chi connectivity index (χ0v) is 9.92. The van der Waals surface area contributed by atoms with Crippen molar-refractivity contribution in [1.82, 2.24) is 4.90 Å². The van der Waals surface area contributed by atoms with Crippen molar-refractivity contribution in [3.05, 3.63) is 0 Å². The van der Waals surface area contributed by atoms with E-state index in [1.165, 1.54) is 32.2 Å². The quantitative estimate of drug-likeness (QED) is 0.680. The molecule has 0 spiro atoms. The molecule has 1 saturated carbocycles. The first kappa shape index (κ1) is 12.0. The van der Waals surface area contributed by atoms with Gasteiger partial charge in [-0.05, 0) is 46.1 Å². The van der Waals surface area contributed by atoms with Crippen LogP contribution in [0.5, 0.6) is 0 Å². The van der Waals surface area contributed by atoms with Gasteiger partial charge < -0.3 is 10.0 Å². The molecule has 2 nitrogen and oxygen atoms in total. The minimum absolute atomic E-state index is 0.501. The molecule has 84 valence electrons. The molecule has 1 aliphatic rings. The standard InChI is InChI=1S/C12H25NO/c1-4-5-9-13(11-6-7-11)10-8-12(2,3)14/h11,14H,4-10H2,1-3H3. The molecule has 0 unspecified atom stereocenters. The second-order valence-corrected chi connectivity index (χ2v) is 5.18. The zero-order valence-electron chi connectivity index (χ0n) is 9.92. The molecule has 0 atom stereocenters. The zero-order chi connectivity index (χ0) is 10.6. The van der Waals surface area contributed by atoms with Crippen molar-refractivity contribution in [2.45, 2.75) is 64.5 Å². The molecule has 1 fully saturated rings. The van der Waals surface area contributed by atoms with E-state index >= 15 is 0 Å². The Kier molecular flexibility index (Phi) is 4.39. The van der Waals surface area contributed by atoms with E-state index in [-0.39, 0.29) is 0 Å². The first-order valence-corrected chi connectivity index (χ1v) is 5.99. The lowest BCUT2D eigenvalue weighted by Gasteiger charge is -2.25. The van der Waals surface area contributed by atoms with Crippen LogP contribution in [0, 0.1) is 0 Å². The molecule has 0 amide bonds. The lowest BCUT2D eigenvalue weighted by Crippen LogP contribution is -2.33. The predicted molar refractivity (Wildman–Crippen MR) is 60.4 cm³/mol. The summed E-state index contributed by atoms with van der Waals surface area (Å²) in [7, 11) is 0. The van der Waals surface area contributed by atoms with E-state index in [1.807, 2.05) is 13.8 Å². The summed E-state index contributed by atoms with van der Waals surface area (Å²) in [5, 5.41) is 9.67. The van der Waals surface area contributed by atoms with Crippen LogP contribution in [-0.2, 0) is 0 Å². The van der Waals surface area contributed by atoms with E-state index in [0.717, 1.165) is 19.0 Å². The van der Waals surface area contributed by atoms with Crippen molar-refractivity contribution in [1.29, 1.82) is 0 Å².